The summed E-state index contributed by atoms with van der Waals surface area (Å²) in [5, 5.41) is 8.49. The van der Waals surface area contributed by atoms with Crippen LogP contribution in [-0.4, -0.2) is 11.6 Å². The van der Waals surface area contributed by atoms with Crippen molar-refractivity contribution in [3.05, 3.63) is 58.6 Å². The van der Waals surface area contributed by atoms with E-state index in [0.29, 0.717) is 15.7 Å². The van der Waals surface area contributed by atoms with Gasteiger partial charge in [-0.05, 0) is 42.5 Å². The van der Waals surface area contributed by atoms with E-state index in [0.717, 1.165) is 5.69 Å². The first kappa shape index (κ1) is 18.3. The molecule has 0 aliphatic carbocycles. The first-order valence-corrected chi connectivity index (χ1v) is 8.18. The van der Waals surface area contributed by atoms with Gasteiger partial charge in [0.1, 0.15) is 0 Å². The molecule has 0 aromatic heterocycles. The van der Waals surface area contributed by atoms with Gasteiger partial charge in [0, 0.05) is 21.1 Å². The van der Waals surface area contributed by atoms with Gasteiger partial charge in [-0.2, -0.15) is 5.10 Å². The van der Waals surface area contributed by atoms with Gasteiger partial charge in [-0.25, -0.2) is 0 Å². The lowest BCUT2D eigenvalue weighted by molar-refractivity contribution is -0.119. The Morgan fingerprint density at radius 2 is 1.62 bits per heavy atom. The second-order valence-corrected chi connectivity index (χ2v) is 7.17. The van der Waals surface area contributed by atoms with Crippen molar-refractivity contribution in [1.29, 1.82) is 0 Å². The summed E-state index contributed by atoms with van der Waals surface area (Å²) in [6.45, 7) is 5.52. The average Bonchev–Trinajstić information content (AvgIpc) is 2.52. The van der Waals surface area contributed by atoms with E-state index >= 15 is 0 Å². The molecule has 0 spiro atoms. The standard InChI is InChI=1S/C18H19Cl2N3O/c1-18(2,3)16(24)17(21-14-9-7-12(19)8-10-14)23-22-15-6-4-5-13(20)11-15/h4-11,22H,1-3H3,(H,21,23). The Kier molecular flexibility index (Phi) is 5.86. The second-order valence-electron chi connectivity index (χ2n) is 6.29. The maximum absolute atomic E-state index is 12.6. The van der Waals surface area contributed by atoms with Gasteiger partial charge in [-0.1, -0.05) is 50.0 Å². The van der Waals surface area contributed by atoms with Crippen LogP contribution in [0.4, 0.5) is 11.4 Å². The van der Waals surface area contributed by atoms with E-state index in [1.807, 2.05) is 26.8 Å². The van der Waals surface area contributed by atoms with Gasteiger partial charge in [-0.15, -0.1) is 0 Å². The van der Waals surface area contributed by atoms with Crippen molar-refractivity contribution in [1.82, 2.24) is 0 Å². The van der Waals surface area contributed by atoms with E-state index in [4.69, 9.17) is 23.2 Å². The van der Waals surface area contributed by atoms with Gasteiger partial charge in [0.15, 0.2) is 5.84 Å². The number of halogens is 2. The summed E-state index contributed by atoms with van der Waals surface area (Å²) < 4.78 is 0. The smallest absolute Gasteiger partial charge is 0.205 e. The highest BCUT2D eigenvalue weighted by molar-refractivity contribution is 6.44. The third-order valence-corrected chi connectivity index (χ3v) is 3.61. The fourth-order valence-electron chi connectivity index (χ4n) is 1.84. The SMILES string of the molecule is CC(C)(C)C(=O)/C(=N\Nc1cccc(Cl)c1)Nc1ccc(Cl)cc1. The molecule has 0 unspecified atom stereocenters. The summed E-state index contributed by atoms with van der Waals surface area (Å²) in [7, 11) is 0. The van der Waals surface area contributed by atoms with Crippen LogP contribution in [0.25, 0.3) is 0 Å². The number of nitrogens with one attached hydrogen (secondary N) is 2. The molecule has 0 saturated heterocycles. The zero-order valence-corrected chi connectivity index (χ0v) is 15.2. The number of rotatable bonds is 4. The predicted octanol–water partition coefficient (Wildman–Crippen LogP) is 5.45. The van der Waals surface area contributed by atoms with Crippen LogP contribution in [0.15, 0.2) is 53.6 Å². The summed E-state index contributed by atoms with van der Waals surface area (Å²) in [4.78, 5) is 12.6. The molecule has 0 amide bonds. The Hall–Kier alpha value is -2.04. The minimum Gasteiger partial charge on any atom is -0.336 e. The molecule has 24 heavy (non-hydrogen) atoms. The number of hydrazone groups is 1. The normalized spacial score (nSPS) is 12.0. The average molecular weight is 364 g/mol. The fraction of sp³-hybridized carbons (Fsp3) is 0.222. The molecule has 0 aliphatic rings. The van der Waals surface area contributed by atoms with Gasteiger partial charge < -0.3 is 5.32 Å². The lowest BCUT2D eigenvalue weighted by Crippen LogP contribution is -2.34. The molecule has 0 bridgehead atoms. The molecule has 2 aromatic rings. The Morgan fingerprint density at radius 3 is 2.21 bits per heavy atom. The first-order chi connectivity index (χ1) is 11.3. The van der Waals surface area contributed by atoms with Crippen molar-refractivity contribution in [2.75, 3.05) is 10.7 Å². The molecule has 6 heteroatoms. The third-order valence-electron chi connectivity index (χ3n) is 3.12. The zero-order chi connectivity index (χ0) is 17.7. The molecule has 2 aromatic carbocycles. The number of carbonyl (C=O) groups excluding carboxylic acids is 1. The van der Waals surface area contributed by atoms with Crippen molar-refractivity contribution >= 4 is 46.2 Å². The highest BCUT2D eigenvalue weighted by Gasteiger charge is 2.27. The molecule has 4 nitrogen and oxygen atoms in total. The maximum Gasteiger partial charge on any atom is 0.205 e. The van der Waals surface area contributed by atoms with Crippen LogP contribution < -0.4 is 10.7 Å². The number of hydrogen-bond donors (Lipinski definition) is 2. The molecule has 0 radical (unpaired) electrons. The van der Waals surface area contributed by atoms with Crippen LogP contribution in [0, 0.1) is 5.41 Å². The molecule has 0 atom stereocenters. The van der Waals surface area contributed by atoms with Crippen LogP contribution >= 0.6 is 23.2 Å². The van der Waals surface area contributed by atoms with Gasteiger partial charge in [0.2, 0.25) is 5.78 Å². The molecule has 126 valence electrons. The summed E-state index contributed by atoms with van der Waals surface area (Å²) >= 11 is 11.8. The van der Waals surface area contributed by atoms with Gasteiger partial charge in [-0.3, -0.25) is 10.2 Å². The van der Waals surface area contributed by atoms with Crippen LogP contribution in [0.3, 0.4) is 0 Å². The molecular formula is C18H19Cl2N3O. The molecule has 0 fully saturated rings. The minimum absolute atomic E-state index is 0.119. The third kappa shape index (κ3) is 5.25. The van der Waals surface area contributed by atoms with E-state index in [9.17, 15) is 4.79 Å². The van der Waals surface area contributed by atoms with E-state index in [1.165, 1.54) is 0 Å². The van der Waals surface area contributed by atoms with Crippen molar-refractivity contribution in [2.24, 2.45) is 10.5 Å². The highest BCUT2D eigenvalue weighted by atomic mass is 35.5. The first-order valence-electron chi connectivity index (χ1n) is 7.42. The highest BCUT2D eigenvalue weighted by Crippen LogP contribution is 2.19. The fourth-order valence-corrected chi connectivity index (χ4v) is 2.16. The van der Waals surface area contributed by atoms with Gasteiger partial charge in [0.25, 0.3) is 0 Å². The summed E-state index contributed by atoms with van der Waals surface area (Å²) in [6.07, 6.45) is 0. The summed E-state index contributed by atoms with van der Waals surface area (Å²) in [6, 6.07) is 14.2. The van der Waals surface area contributed by atoms with Crippen LogP contribution in [0.1, 0.15) is 20.8 Å². The number of Topliss-reactive ketones (excluding diaryl/α,β-unsaturated/α-hetero) is 1. The Labute approximate surface area is 151 Å². The number of amidine groups is 1. The largest absolute Gasteiger partial charge is 0.336 e. The number of nitrogens with zero attached hydrogens (tertiary/aromatic N) is 1. The molecule has 2 rings (SSSR count). The van der Waals surface area contributed by atoms with Crippen molar-refractivity contribution < 1.29 is 4.79 Å². The molecule has 0 saturated carbocycles. The van der Waals surface area contributed by atoms with Crippen molar-refractivity contribution in [3.8, 4) is 0 Å². The molecular weight excluding hydrogens is 345 g/mol. The maximum atomic E-state index is 12.6. The number of hydrogen-bond acceptors (Lipinski definition) is 3. The predicted molar refractivity (Wildman–Crippen MR) is 102 cm³/mol. The molecule has 2 N–H and O–H groups in total. The van der Waals surface area contributed by atoms with Crippen LogP contribution in [0.2, 0.25) is 10.0 Å². The van der Waals surface area contributed by atoms with Crippen molar-refractivity contribution in [3.63, 3.8) is 0 Å². The van der Waals surface area contributed by atoms with Gasteiger partial charge >= 0.3 is 0 Å². The quantitative estimate of drug-likeness (QED) is 0.431. The number of carbonyl (C=O) groups is 1. The summed E-state index contributed by atoms with van der Waals surface area (Å²) in [5.41, 5.74) is 3.71. The Bertz CT molecular complexity index is 750. The molecule has 0 heterocycles. The van der Waals surface area contributed by atoms with Gasteiger partial charge in [0.05, 0.1) is 5.69 Å². The lowest BCUT2D eigenvalue weighted by Gasteiger charge is -2.19. The van der Waals surface area contributed by atoms with Crippen LogP contribution in [0.5, 0.6) is 0 Å². The Morgan fingerprint density at radius 1 is 0.958 bits per heavy atom. The van der Waals surface area contributed by atoms with E-state index in [2.05, 4.69) is 15.8 Å². The Balaban J connectivity index is 2.26. The minimum atomic E-state index is -0.575. The topological polar surface area (TPSA) is 53.5 Å². The van der Waals surface area contributed by atoms with E-state index in [-0.39, 0.29) is 11.6 Å². The van der Waals surface area contributed by atoms with E-state index < -0.39 is 5.41 Å². The number of ketones is 1. The molecule has 0 aliphatic heterocycles. The van der Waals surface area contributed by atoms with Crippen LogP contribution in [-0.2, 0) is 4.79 Å². The summed E-state index contributed by atoms with van der Waals surface area (Å²) in [5.74, 6) is 0.0942. The second kappa shape index (κ2) is 7.69. The number of benzene rings is 2. The monoisotopic (exact) mass is 363 g/mol. The van der Waals surface area contributed by atoms with E-state index in [1.54, 1.807) is 42.5 Å². The number of anilines is 2. The zero-order valence-electron chi connectivity index (χ0n) is 13.7. The van der Waals surface area contributed by atoms with Crippen molar-refractivity contribution in [2.45, 2.75) is 20.8 Å². The lowest BCUT2D eigenvalue weighted by atomic mass is 9.90.